The Bertz CT molecular complexity index is 944. The molecule has 0 unspecified atom stereocenters. The zero-order valence-corrected chi connectivity index (χ0v) is 12.9. The number of nitrogens with zero attached hydrogens (tertiary/aromatic N) is 5. The van der Waals surface area contributed by atoms with Crippen LogP contribution in [0.1, 0.15) is 12.5 Å². The third-order valence-corrected chi connectivity index (χ3v) is 3.47. The van der Waals surface area contributed by atoms with E-state index in [1.807, 2.05) is 25.1 Å². The number of aromatic nitrogens is 3. The molecule has 1 aromatic heterocycles. The van der Waals surface area contributed by atoms with Gasteiger partial charge in [-0.3, -0.25) is 0 Å². The quantitative estimate of drug-likeness (QED) is 0.453. The van der Waals surface area contributed by atoms with E-state index < -0.39 is 10.7 Å². The number of rotatable bonds is 4. The highest BCUT2D eigenvalue weighted by Crippen LogP contribution is 2.15. The second-order valence-corrected chi connectivity index (χ2v) is 5.05. The van der Waals surface area contributed by atoms with Gasteiger partial charge in [-0.05, 0) is 46.0 Å². The van der Waals surface area contributed by atoms with Crippen LogP contribution in [0, 0.1) is 10.1 Å². The van der Waals surface area contributed by atoms with Crippen molar-refractivity contribution in [2.75, 3.05) is 0 Å². The highest BCUT2D eigenvalue weighted by atomic mass is 16.6. The van der Waals surface area contributed by atoms with E-state index in [4.69, 9.17) is 0 Å². The van der Waals surface area contributed by atoms with Crippen LogP contribution in [0.25, 0.3) is 5.69 Å². The Morgan fingerprint density at radius 3 is 2.62 bits per heavy atom. The van der Waals surface area contributed by atoms with Crippen molar-refractivity contribution in [3.8, 4) is 5.69 Å². The lowest BCUT2D eigenvalue weighted by Crippen LogP contribution is -2.21. The first-order chi connectivity index (χ1) is 11.6. The molecule has 0 aliphatic rings. The van der Waals surface area contributed by atoms with Crippen LogP contribution in [0.4, 0.5) is 11.5 Å². The van der Waals surface area contributed by atoms with Crippen LogP contribution in [0.3, 0.4) is 0 Å². The van der Waals surface area contributed by atoms with Gasteiger partial charge in [-0.2, -0.15) is 0 Å². The van der Waals surface area contributed by atoms with Crippen molar-refractivity contribution < 1.29 is 10.1 Å². The number of para-hydroxylation sites is 1. The zero-order chi connectivity index (χ0) is 17.1. The molecule has 0 fully saturated rings. The van der Waals surface area contributed by atoms with Crippen LogP contribution >= 0.6 is 0 Å². The van der Waals surface area contributed by atoms with E-state index in [-0.39, 0.29) is 5.49 Å². The molecule has 0 radical (unpaired) electrons. The highest BCUT2D eigenvalue weighted by Gasteiger charge is 2.24. The maximum Gasteiger partial charge on any atom is 0.438 e. The van der Waals surface area contributed by atoms with Gasteiger partial charge in [0.2, 0.25) is 0 Å². The van der Waals surface area contributed by atoms with E-state index in [9.17, 15) is 15.3 Å². The van der Waals surface area contributed by atoms with E-state index in [0.717, 1.165) is 16.8 Å². The molecule has 3 aromatic rings. The van der Waals surface area contributed by atoms with Crippen molar-refractivity contribution in [1.29, 1.82) is 0 Å². The van der Waals surface area contributed by atoms with Crippen molar-refractivity contribution in [2.45, 2.75) is 13.3 Å². The van der Waals surface area contributed by atoms with Gasteiger partial charge in [0, 0.05) is 0 Å². The van der Waals surface area contributed by atoms with Crippen molar-refractivity contribution in [3.63, 3.8) is 0 Å². The summed E-state index contributed by atoms with van der Waals surface area (Å²) < 4.78 is 0. The van der Waals surface area contributed by atoms with Gasteiger partial charge >= 0.3 is 5.82 Å². The molecule has 1 heterocycles. The topological polar surface area (TPSA) is 98.5 Å². The molecule has 0 amide bonds. The van der Waals surface area contributed by atoms with Crippen molar-refractivity contribution in [2.24, 2.45) is 4.99 Å². The predicted molar refractivity (Wildman–Crippen MR) is 86.4 cm³/mol. The van der Waals surface area contributed by atoms with Gasteiger partial charge < -0.3 is 15.3 Å². The maximum atomic E-state index is 11.3. The third-order valence-electron chi connectivity index (χ3n) is 3.47. The maximum absolute atomic E-state index is 11.3. The standard InChI is InChI=1S/C16H15N5O3/c1-2-12-7-6-8-13(11-12)17-15-16(21(23)24)18-19(20(15)22)14-9-4-3-5-10-14/h3-11,22H,2H2,1H3. The van der Waals surface area contributed by atoms with Gasteiger partial charge in [0.15, 0.2) is 0 Å². The molecule has 0 atom stereocenters. The minimum Gasteiger partial charge on any atom is -0.409 e. The Morgan fingerprint density at radius 1 is 1.21 bits per heavy atom. The average Bonchev–Trinajstić information content (AvgIpc) is 2.93. The van der Waals surface area contributed by atoms with Crippen molar-refractivity contribution in [1.82, 2.24) is 14.7 Å². The first-order valence-corrected chi connectivity index (χ1v) is 7.35. The molecule has 24 heavy (non-hydrogen) atoms. The fourth-order valence-electron chi connectivity index (χ4n) is 2.27. The van der Waals surface area contributed by atoms with E-state index >= 15 is 0 Å². The molecule has 0 aliphatic carbocycles. The molecule has 8 nitrogen and oxygen atoms in total. The molecule has 0 saturated carbocycles. The molecule has 0 aliphatic heterocycles. The number of benzene rings is 2. The fourth-order valence-corrected chi connectivity index (χ4v) is 2.27. The van der Waals surface area contributed by atoms with Crippen LogP contribution in [-0.2, 0) is 6.42 Å². The molecule has 122 valence electrons. The van der Waals surface area contributed by atoms with Crippen molar-refractivity contribution >= 4 is 11.5 Å². The summed E-state index contributed by atoms with van der Waals surface area (Å²) in [4.78, 5) is 16.4. The number of nitro groups is 1. The zero-order valence-electron chi connectivity index (χ0n) is 12.9. The Labute approximate surface area is 137 Å². The number of hydrogen-bond acceptors (Lipinski definition) is 5. The summed E-state index contributed by atoms with van der Waals surface area (Å²) in [6.45, 7) is 2.00. The minimum absolute atomic E-state index is 0.239. The number of hydrogen-bond donors (Lipinski definition) is 1. The van der Waals surface area contributed by atoms with Gasteiger partial charge in [0.1, 0.15) is 5.69 Å². The van der Waals surface area contributed by atoms with Crippen LogP contribution in [-0.4, -0.2) is 24.9 Å². The summed E-state index contributed by atoms with van der Waals surface area (Å²) in [6.07, 6.45) is 0.813. The molecular formula is C16H15N5O3. The lowest BCUT2D eigenvalue weighted by atomic mass is 10.1. The summed E-state index contributed by atoms with van der Waals surface area (Å²) in [6, 6.07) is 15.9. The summed E-state index contributed by atoms with van der Waals surface area (Å²) in [5.74, 6) is -0.525. The molecule has 8 heteroatoms. The van der Waals surface area contributed by atoms with Crippen molar-refractivity contribution in [3.05, 3.63) is 75.8 Å². The molecule has 0 spiro atoms. The van der Waals surface area contributed by atoms with Crippen LogP contribution in [0.5, 0.6) is 0 Å². The SMILES string of the molecule is CCc1cccc(N=c2c([N+](=O)[O-])nn(-c3ccccc3)n2O)c1. The second kappa shape index (κ2) is 6.37. The monoisotopic (exact) mass is 325 g/mol. The molecule has 0 saturated heterocycles. The van der Waals surface area contributed by atoms with Gasteiger partial charge in [-0.1, -0.05) is 42.1 Å². The molecule has 3 rings (SSSR count). The first-order valence-electron chi connectivity index (χ1n) is 7.35. The Kier molecular flexibility index (Phi) is 4.11. The van der Waals surface area contributed by atoms with Gasteiger partial charge in [-0.25, -0.2) is 4.99 Å². The van der Waals surface area contributed by atoms with Gasteiger partial charge in [-0.15, -0.1) is 0 Å². The van der Waals surface area contributed by atoms with E-state index in [2.05, 4.69) is 10.1 Å². The first kappa shape index (κ1) is 15.5. The molecule has 2 aromatic carbocycles. The lowest BCUT2D eigenvalue weighted by molar-refractivity contribution is -0.391. The molecule has 1 N–H and O–H groups in total. The van der Waals surface area contributed by atoms with Crippen LogP contribution in [0.15, 0.2) is 59.6 Å². The molecule has 0 bridgehead atoms. The van der Waals surface area contributed by atoms with Crippen LogP contribution < -0.4 is 5.49 Å². The average molecular weight is 325 g/mol. The Hall–Kier alpha value is -3.42. The fraction of sp³-hybridized carbons (Fsp3) is 0.125. The lowest BCUT2D eigenvalue weighted by Gasteiger charge is -1.99. The van der Waals surface area contributed by atoms with Gasteiger partial charge in [0.05, 0.1) is 10.8 Å². The second-order valence-electron chi connectivity index (χ2n) is 5.05. The van der Waals surface area contributed by atoms with E-state index in [1.165, 1.54) is 0 Å². The highest BCUT2D eigenvalue weighted by molar-refractivity contribution is 5.41. The largest absolute Gasteiger partial charge is 0.438 e. The summed E-state index contributed by atoms with van der Waals surface area (Å²) in [5, 5.41) is 25.5. The normalized spacial score (nSPS) is 11.6. The molecular weight excluding hydrogens is 310 g/mol. The van der Waals surface area contributed by atoms with Crippen LogP contribution in [0.2, 0.25) is 0 Å². The Morgan fingerprint density at radius 2 is 1.96 bits per heavy atom. The summed E-state index contributed by atoms with van der Waals surface area (Å²) in [7, 11) is 0. The van der Waals surface area contributed by atoms with Gasteiger partial charge in [0.25, 0.3) is 5.49 Å². The summed E-state index contributed by atoms with van der Waals surface area (Å²) >= 11 is 0. The smallest absolute Gasteiger partial charge is 0.409 e. The number of aryl methyl sites for hydroxylation is 1. The van der Waals surface area contributed by atoms with E-state index in [1.54, 1.807) is 36.4 Å². The minimum atomic E-state index is -0.672. The predicted octanol–water partition coefficient (Wildman–Crippen LogP) is 2.61. The Balaban J connectivity index is 2.21. The third kappa shape index (κ3) is 2.89. The summed E-state index contributed by atoms with van der Waals surface area (Å²) in [5.41, 5.74) is 1.79. The van der Waals surface area contributed by atoms with E-state index in [0.29, 0.717) is 16.2 Å².